The lowest BCUT2D eigenvalue weighted by Gasteiger charge is -2.29. The highest BCUT2D eigenvalue weighted by molar-refractivity contribution is 5.82. The quantitative estimate of drug-likeness (QED) is 0.740. The zero-order valence-corrected chi connectivity index (χ0v) is 10.5. The number of nitrogens with zero attached hydrogens (tertiary/aromatic N) is 1. The minimum atomic E-state index is -0.427. The summed E-state index contributed by atoms with van der Waals surface area (Å²) in [5.41, 5.74) is 5.94. The van der Waals surface area contributed by atoms with Crippen molar-refractivity contribution in [2.24, 2.45) is 17.6 Å². The Bertz CT molecular complexity index is 245. The summed E-state index contributed by atoms with van der Waals surface area (Å²) in [6.07, 6.45) is 1.87. The van der Waals surface area contributed by atoms with Gasteiger partial charge in [0.15, 0.2) is 0 Å². The van der Waals surface area contributed by atoms with Crippen molar-refractivity contribution < 1.29 is 9.90 Å². The maximum atomic E-state index is 12.2. The highest BCUT2D eigenvalue weighted by Gasteiger charge is 2.36. The molecule has 0 radical (unpaired) electrons. The summed E-state index contributed by atoms with van der Waals surface area (Å²) >= 11 is 0. The first-order valence-corrected chi connectivity index (χ1v) is 6.19. The van der Waals surface area contributed by atoms with Crippen molar-refractivity contribution in [1.29, 1.82) is 0 Å². The van der Waals surface area contributed by atoms with Crippen LogP contribution in [0, 0.1) is 11.8 Å². The predicted molar refractivity (Wildman–Crippen MR) is 63.8 cm³/mol. The Morgan fingerprint density at radius 1 is 1.62 bits per heavy atom. The molecule has 4 heteroatoms. The van der Waals surface area contributed by atoms with Gasteiger partial charge in [-0.1, -0.05) is 27.2 Å². The molecule has 4 atom stereocenters. The van der Waals surface area contributed by atoms with Gasteiger partial charge in [-0.05, 0) is 18.3 Å². The van der Waals surface area contributed by atoms with Gasteiger partial charge in [-0.2, -0.15) is 0 Å². The van der Waals surface area contributed by atoms with Crippen molar-refractivity contribution in [3.8, 4) is 0 Å². The lowest BCUT2D eigenvalue weighted by atomic mass is 9.98. The van der Waals surface area contributed by atoms with Crippen LogP contribution in [0.2, 0.25) is 0 Å². The molecule has 0 aromatic rings. The van der Waals surface area contributed by atoms with E-state index in [0.717, 1.165) is 19.4 Å². The number of carbonyl (C=O) groups is 1. The monoisotopic (exact) mass is 228 g/mol. The second kappa shape index (κ2) is 5.64. The fraction of sp³-hybridized carbons (Fsp3) is 0.917. The van der Waals surface area contributed by atoms with Gasteiger partial charge in [0.25, 0.3) is 0 Å². The van der Waals surface area contributed by atoms with Crippen LogP contribution in [0.5, 0.6) is 0 Å². The number of hydrogen-bond donors (Lipinski definition) is 2. The van der Waals surface area contributed by atoms with Crippen LogP contribution in [0.3, 0.4) is 0 Å². The van der Waals surface area contributed by atoms with E-state index in [4.69, 9.17) is 5.73 Å². The molecule has 1 aliphatic rings. The third kappa shape index (κ3) is 2.55. The maximum Gasteiger partial charge on any atom is 0.240 e. The van der Waals surface area contributed by atoms with Gasteiger partial charge < -0.3 is 15.7 Å². The highest BCUT2D eigenvalue weighted by Crippen LogP contribution is 2.25. The molecular formula is C12H24N2O2. The number of aliphatic hydroxyl groups is 1. The van der Waals surface area contributed by atoms with Gasteiger partial charge >= 0.3 is 0 Å². The summed E-state index contributed by atoms with van der Waals surface area (Å²) in [6.45, 7) is 6.88. The largest absolute Gasteiger partial charge is 0.394 e. The standard InChI is InChI=1S/C12H24N2O2/c1-4-8(2)11(13)12(16)14-6-5-9(3)10(14)7-15/h8-11,15H,4-7,13H2,1-3H3/t8-,9?,10?,11-/m0/s1. The molecule has 1 saturated heterocycles. The Morgan fingerprint density at radius 2 is 2.25 bits per heavy atom. The van der Waals surface area contributed by atoms with Crippen molar-refractivity contribution in [3.63, 3.8) is 0 Å². The van der Waals surface area contributed by atoms with Gasteiger partial charge in [0.05, 0.1) is 18.7 Å². The van der Waals surface area contributed by atoms with E-state index in [1.165, 1.54) is 0 Å². The molecule has 1 fully saturated rings. The van der Waals surface area contributed by atoms with E-state index in [0.29, 0.717) is 5.92 Å². The second-order valence-electron chi connectivity index (χ2n) is 4.96. The molecule has 0 aromatic carbocycles. The van der Waals surface area contributed by atoms with E-state index >= 15 is 0 Å². The number of hydrogen-bond acceptors (Lipinski definition) is 3. The van der Waals surface area contributed by atoms with Crippen molar-refractivity contribution >= 4 is 5.91 Å². The van der Waals surface area contributed by atoms with Crippen LogP contribution in [0.25, 0.3) is 0 Å². The molecule has 1 aliphatic heterocycles. The first-order chi connectivity index (χ1) is 7.52. The summed E-state index contributed by atoms with van der Waals surface area (Å²) in [4.78, 5) is 13.9. The van der Waals surface area contributed by atoms with Crippen LogP contribution >= 0.6 is 0 Å². The molecular weight excluding hydrogens is 204 g/mol. The van der Waals surface area contributed by atoms with Gasteiger partial charge in [-0.15, -0.1) is 0 Å². The fourth-order valence-electron chi connectivity index (χ4n) is 2.25. The second-order valence-corrected chi connectivity index (χ2v) is 4.96. The van der Waals surface area contributed by atoms with Crippen LogP contribution in [0.15, 0.2) is 0 Å². The fourth-order valence-corrected chi connectivity index (χ4v) is 2.25. The third-order valence-electron chi connectivity index (χ3n) is 3.89. The summed E-state index contributed by atoms with van der Waals surface area (Å²) < 4.78 is 0. The Labute approximate surface area is 97.8 Å². The van der Waals surface area contributed by atoms with E-state index in [9.17, 15) is 9.90 Å². The number of carbonyl (C=O) groups excluding carboxylic acids is 1. The predicted octanol–water partition coefficient (Wildman–Crippen LogP) is 0.589. The lowest BCUT2D eigenvalue weighted by molar-refractivity contribution is -0.135. The minimum Gasteiger partial charge on any atom is -0.394 e. The Hall–Kier alpha value is -0.610. The molecule has 1 rings (SSSR count). The molecule has 0 aromatic heterocycles. The van der Waals surface area contributed by atoms with Crippen molar-refractivity contribution in [3.05, 3.63) is 0 Å². The van der Waals surface area contributed by atoms with E-state index in [-0.39, 0.29) is 24.5 Å². The number of likely N-dealkylation sites (tertiary alicyclic amines) is 1. The zero-order chi connectivity index (χ0) is 12.3. The SMILES string of the molecule is CC[C@H](C)[C@H](N)C(=O)N1CCC(C)C1CO. The number of rotatable bonds is 4. The van der Waals surface area contributed by atoms with Crippen molar-refractivity contribution in [2.75, 3.05) is 13.2 Å². The topological polar surface area (TPSA) is 66.6 Å². The molecule has 94 valence electrons. The van der Waals surface area contributed by atoms with E-state index in [1.54, 1.807) is 4.90 Å². The third-order valence-corrected chi connectivity index (χ3v) is 3.89. The normalized spacial score (nSPS) is 29.2. The molecule has 4 nitrogen and oxygen atoms in total. The Kier molecular flexibility index (Phi) is 4.74. The van der Waals surface area contributed by atoms with Gasteiger partial charge in [0.2, 0.25) is 5.91 Å². The molecule has 16 heavy (non-hydrogen) atoms. The number of amides is 1. The average molecular weight is 228 g/mol. The molecule has 0 saturated carbocycles. The van der Waals surface area contributed by atoms with Crippen molar-refractivity contribution in [2.45, 2.75) is 45.7 Å². The van der Waals surface area contributed by atoms with Crippen LogP contribution in [0.1, 0.15) is 33.6 Å². The van der Waals surface area contributed by atoms with Crippen LogP contribution in [-0.4, -0.2) is 41.1 Å². The number of nitrogens with two attached hydrogens (primary N) is 1. The smallest absolute Gasteiger partial charge is 0.240 e. The summed E-state index contributed by atoms with van der Waals surface area (Å²) in [5, 5.41) is 9.30. The van der Waals surface area contributed by atoms with Gasteiger partial charge in [0, 0.05) is 6.54 Å². The average Bonchev–Trinajstić information content (AvgIpc) is 2.67. The first-order valence-electron chi connectivity index (χ1n) is 6.19. The van der Waals surface area contributed by atoms with Crippen LogP contribution < -0.4 is 5.73 Å². The Morgan fingerprint density at radius 3 is 2.75 bits per heavy atom. The van der Waals surface area contributed by atoms with Crippen molar-refractivity contribution in [1.82, 2.24) is 4.90 Å². The van der Waals surface area contributed by atoms with Gasteiger partial charge in [-0.25, -0.2) is 0 Å². The maximum absolute atomic E-state index is 12.2. The molecule has 1 amide bonds. The van der Waals surface area contributed by atoms with E-state index in [1.807, 2.05) is 13.8 Å². The molecule has 3 N–H and O–H groups in total. The summed E-state index contributed by atoms with van der Waals surface area (Å²) in [5.74, 6) is 0.568. The van der Waals surface area contributed by atoms with Crippen LogP contribution in [0.4, 0.5) is 0 Å². The van der Waals surface area contributed by atoms with Gasteiger partial charge in [-0.3, -0.25) is 4.79 Å². The molecule has 1 heterocycles. The van der Waals surface area contributed by atoms with Gasteiger partial charge in [0.1, 0.15) is 0 Å². The summed E-state index contributed by atoms with van der Waals surface area (Å²) in [7, 11) is 0. The number of aliphatic hydroxyl groups excluding tert-OH is 1. The summed E-state index contributed by atoms with van der Waals surface area (Å²) in [6, 6.07) is -0.466. The molecule has 0 aliphatic carbocycles. The van der Waals surface area contributed by atoms with E-state index in [2.05, 4.69) is 6.92 Å². The Balaban J connectivity index is 2.66. The molecule has 0 bridgehead atoms. The first kappa shape index (κ1) is 13.5. The lowest BCUT2D eigenvalue weighted by Crippen LogP contribution is -2.50. The van der Waals surface area contributed by atoms with Crippen LogP contribution in [-0.2, 0) is 4.79 Å². The highest BCUT2D eigenvalue weighted by atomic mass is 16.3. The zero-order valence-electron chi connectivity index (χ0n) is 10.5. The van der Waals surface area contributed by atoms with E-state index < -0.39 is 6.04 Å². The molecule has 2 unspecified atom stereocenters. The molecule has 0 spiro atoms. The minimum absolute atomic E-state index is 0.00208.